The van der Waals surface area contributed by atoms with Gasteiger partial charge in [-0.05, 0) is 46.0 Å². The summed E-state index contributed by atoms with van der Waals surface area (Å²) in [5.74, 6) is 0.235. The molecule has 1 aliphatic carbocycles. The second kappa shape index (κ2) is 5.71. The van der Waals surface area contributed by atoms with Gasteiger partial charge < -0.3 is 9.80 Å². The molecule has 5 heteroatoms. The van der Waals surface area contributed by atoms with Gasteiger partial charge in [-0.15, -0.1) is 11.3 Å². The molecule has 1 unspecified atom stereocenters. The second-order valence-corrected chi connectivity index (χ2v) is 7.90. The molecule has 1 saturated carbocycles. The molecule has 0 aromatic carbocycles. The Bertz CT molecular complexity index is 519. The number of rotatable bonds is 4. The van der Waals surface area contributed by atoms with Crippen LogP contribution in [0.4, 0.5) is 0 Å². The third kappa shape index (κ3) is 2.74. The topological polar surface area (TPSA) is 35.6 Å². The number of aryl methyl sites for hydroxylation is 1. The number of amides is 1. The highest BCUT2D eigenvalue weighted by molar-refractivity contribution is 7.12. The normalized spacial score (nSPS) is 25.2. The summed E-state index contributed by atoms with van der Waals surface area (Å²) >= 11 is 1.79. The maximum atomic E-state index is 12.4. The molecular formula is C16H25N3OS. The molecule has 4 nitrogen and oxygen atoms in total. The highest BCUT2D eigenvalue weighted by Crippen LogP contribution is 2.37. The molecule has 3 rings (SSSR count). The van der Waals surface area contributed by atoms with Crippen LogP contribution in [0.3, 0.4) is 0 Å². The van der Waals surface area contributed by atoms with Crippen LogP contribution in [-0.2, 0) is 4.79 Å². The van der Waals surface area contributed by atoms with Gasteiger partial charge in [0.2, 0.25) is 5.91 Å². The number of hydrogen-bond acceptors (Lipinski definition) is 4. The van der Waals surface area contributed by atoms with Crippen molar-refractivity contribution in [3.8, 4) is 0 Å². The fourth-order valence-electron chi connectivity index (χ4n) is 3.67. The van der Waals surface area contributed by atoms with Crippen molar-refractivity contribution in [3.05, 3.63) is 21.9 Å². The number of carbonyl (C=O) groups is 1. The lowest BCUT2D eigenvalue weighted by atomic mass is 9.95. The quantitative estimate of drug-likeness (QED) is 0.927. The van der Waals surface area contributed by atoms with Gasteiger partial charge in [-0.2, -0.15) is 0 Å². The lowest BCUT2D eigenvalue weighted by Gasteiger charge is -2.40. The third-order valence-electron chi connectivity index (χ3n) is 5.06. The number of nitrogens with zero attached hydrogens (tertiary/aromatic N) is 2. The van der Waals surface area contributed by atoms with E-state index in [1.807, 2.05) is 0 Å². The molecule has 1 saturated heterocycles. The monoisotopic (exact) mass is 307 g/mol. The van der Waals surface area contributed by atoms with Crippen LogP contribution in [0, 0.1) is 6.92 Å². The van der Waals surface area contributed by atoms with Crippen LogP contribution < -0.4 is 5.32 Å². The molecule has 21 heavy (non-hydrogen) atoms. The highest BCUT2D eigenvalue weighted by Gasteiger charge is 2.42. The van der Waals surface area contributed by atoms with Gasteiger partial charge in [-0.1, -0.05) is 12.8 Å². The number of likely N-dealkylation sites (N-methyl/N-ethyl adjacent to an activating group) is 1. The lowest BCUT2D eigenvalue weighted by molar-refractivity contribution is -0.129. The van der Waals surface area contributed by atoms with Crippen molar-refractivity contribution in [1.29, 1.82) is 0 Å². The Hall–Kier alpha value is -0.910. The van der Waals surface area contributed by atoms with E-state index in [9.17, 15) is 4.79 Å². The zero-order valence-electron chi connectivity index (χ0n) is 13.2. The molecule has 1 aromatic rings. The average Bonchev–Trinajstić information content (AvgIpc) is 3.13. The van der Waals surface area contributed by atoms with Crippen molar-refractivity contribution in [2.24, 2.45) is 0 Å². The standard InChI is InChI=1S/C16H25N3OS/c1-12-6-7-13(21-12)15-17-10-14(20)19(15)11-16(18(2)3)8-4-5-9-16/h6-7,15,17H,4-5,8-11H2,1-3H3. The molecule has 1 N–H and O–H groups in total. The predicted molar refractivity (Wildman–Crippen MR) is 86.4 cm³/mol. The van der Waals surface area contributed by atoms with E-state index >= 15 is 0 Å². The summed E-state index contributed by atoms with van der Waals surface area (Å²) in [4.78, 5) is 19.3. The van der Waals surface area contributed by atoms with Crippen LogP contribution in [0.2, 0.25) is 0 Å². The van der Waals surface area contributed by atoms with Crippen molar-refractivity contribution >= 4 is 17.2 Å². The van der Waals surface area contributed by atoms with Gasteiger partial charge in [-0.3, -0.25) is 10.1 Å². The zero-order valence-corrected chi connectivity index (χ0v) is 14.0. The summed E-state index contributed by atoms with van der Waals surface area (Å²) < 4.78 is 0. The molecule has 116 valence electrons. The molecule has 0 radical (unpaired) electrons. The molecule has 2 aliphatic rings. The first-order chi connectivity index (χ1) is 10.0. The Morgan fingerprint density at radius 3 is 2.67 bits per heavy atom. The molecule has 1 aliphatic heterocycles. The number of thiophene rings is 1. The van der Waals surface area contributed by atoms with Crippen LogP contribution in [0.5, 0.6) is 0 Å². The smallest absolute Gasteiger partial charge is 0.238 e. The summed E-state index contributed by atoms with van der Waals surface area (Å²) in [6.07, 6.45) is 5.00. The minimum absolute atomic E-state index is 0.0635. The summed E-state index contributed by atoms with van der Waals surface area (Å²) in [6.45, 7) is 3.42. The third-order valence-corrected chi connectivity index (χ3v) is 6.11. The number of hydrogen-bond donors (Lipinski definition) is 1. The molecule has 2 fully saturated rings. The van der Waals surface area contributed by atoms with E-state index in [-0.39, 0.29) is 17.6 Å². The summed E-state index contributed by atoms with van der Waals surface area (Å²) in [7, 11) is 4.31. The molecule has 1 aromatic heterocycles. The second-order valence-electron chi connectivity index (χ2n) is 6.58. The maximum Gasteiger partial charge on any atom is 0.238 e. The first-order valence-electron chi connectivity index (χ1n) is 7.78. The van der Waals surface area contributed by atoms with E-state index in [0.717, 1.165) is 6.54 Å². The average molecular weight is 307 g/mol. The van der Waals surface area contributed by atoms with Crippen molar-refractivity contribution < 1.29 is 4.79 Å². The van der Waals surface area contributed by atoms with Gasteiger partial charge >= 0.3 is 0 Å². The number of carbonyl (C=O) groups excluding carboxylic acids is 1. The Kier molecular flexibility index (Phi) is 4.08. The highest BCUT2D eigenvalue weighted by atomic mass is 32.1. The van der Waals surface area contributed by atoms with Crippen molar-refractivity contribution in [2.75, 3.05) is 27.2 Å². The van der Waals surface area contributed by atoms with Gasteiger partial charge in [-0.25, -0.2) is 0 Å². The first-order valence-corrected chi connectivity index (χ1v) is 8.60. The summed E-state index contributed by atoms with van der Waals surface area (Å²) in [5, 5.41) is 3.38. The predicted octanol–water partition coefficient (Wildman–Crippen LogP) is 2.36. The van der Waals surface area contributed by atoms with Crippen molar-refractivity contribution in [2.45, 2.75) is 44.3 Å². The van der Waals surface area contributed by atoms with Gasteiger partial charge in [0.05, 0.1) is 6.54 Å². The maximum absolute atomic E-state index is 12.4. The summed E-state index contributed by atoms with van der Waals surface area (Å²) in [6, 6.07) is 4.29. The van der Waals surface area contributed by atoms with Crippen molar-refractivity contribution in [1.82, 2.24) is 15.1 Å². The van der Waals surface area contributed by atoms with Gasteiger partial charge in [0.25, 0.3) is 0 Å². The Balaban J connectivity index is 1.82. The van der Waals surface area contributed by atoms with E-state index < -0.39 is 0 Å². The van der Waals surface area contributed by atoms with Gasteiger partial charge in [0, 0.05) is 21.8 Å². The molecule has 0 spiro atoms. The largest absolute Gasteiger partial charge is 0.319 e. The lowest BCUT2D eigenvalue weighted by Crippen LogP contribution is -2.52. The molecule has 1 atom stereocenters. The van der Waals surface area contributed by atoms with E-state index in [1.165, 1.54) is 35.4 Å². The van der Waals surface area contributed by atoms with Crippen LogP contribution in [0.25, 0.3) is 0 Å². The van der Waals surface area contributed by atoms with Crippen LogP contribution >= 0.6 is 11.3 Å². The minimum atomic E-state index is 0.0635. The van der Waals surface area contributed by atoms with Crippen LogP contribution in [0.1, 0.15) is 41.6 Å². The molecule has 2 heterocycles. The zero-order chi connectivity index (χ0) is 15.0. The van der Waals surface area contributed by atoms with E-state index in [4.69, 9.17) is 0 Å². The van der Waals surface area contributed by atoms with E-state index in [2.05, 4.69) is 48.3 Å². The van der Waals surface area contributed by atoms with E-state index in [1.54, 1.807) is 11.3 Å². The van der Waals surface area contributed by atoms with E-state index in [0.29, 0.717) is 6.54 Å². The van der Waals surface area contributed by atoms with Crippen LogP contribution in [-0.4, -0.2) is 48.4 Å². The number of nitrogens with one attached hydrogen (secondary N) is 1. The first kappa shape index (κ1) is 15.0. The van der Waals surface area contributed by atoms with Crippen molar-refractivity contribution in [3.63, 3.8) is 0 Å². The fourth-order valence-corrected chi connectivity index (χ4v) is 4.64. The minimum Gasteiger partial charge on any atom is -0.319 e. The van der Waals surface area contributed by atoms with Crippen LogP contribution in [0.15, 0.2) is 12.1 Å². The molecule has 0 bridgehead atoms. The Morgan fingerprint density at radius 2 is 2.10 bits per heavy atom. The molecule has 1 amide bonds. The Labute approximate surface area is 131 Å². The fraction of sp³-hybridized carbons (Fsp3) is 0.688. The Morgan fingerprint density at radius 1 is 1.38 bits per heavy atom. The van der Waals surface area contributed by atoms with Gasteiger partial charge in [0.15, 0.2) is 0 Å². The molecular weight excluding hydrogens is 282 g/mol. The van der Waals surface area contributed by atoms with Gasteiger partial charge in [0.1, 0.15) is 6.17 Å². The SMILES string of the molecule is Cc1ccc(C2NCC(=O)N2CC2(N(C)C)CCCC2)s1. The summed E-state index contributed by atoms with van der Waals surface area (Å²) in [5.41, 5.74) is 0.159.